The molecule has 52 heavy (non-hydrogen) atoms. The maximum absolute atomic E-state index is 3.38. The maximum atomic E-state index is 3.38. The van der Waals surface area contributed by atoms with E-state index in [-0.39, 0.29) is 50.7 Å². The quantitative estimate of drug-likeness (QED) is 0.115. The Morgan fingerprint density at radius 2 is 0.750 bits per heavy atom. The number of fused-ring (bicyclic) bond motifs is 4. The molecular formula is C49H50Cl2Hf. The molecule has 8 aromatic rings. The molecule has 264 valence electrons. The number of benzene rings is 6. The number of hydrogen-bond donors (Lipinski definition) is 0. The molecule has 0 aliphatic carbocycles. The van der Waals surface area contributed by atoms with Gasteiger partial charge in [0, 0.05) is 0 Å². The van der Waals surface area contributed by atoms with Crippen molar-refractivity contribution in [2.75, 3.05) is 0 Å². The van der Waals surface area contributed by atoms with Crippen molar-refractivity contribution in [3.63, 3.8) is 0 Å². The molecule has 0 bridgehead atoms. The average Bonchev–Trinajstić information content (AvgIpc) is 3.71. The van der Waals surface area contributed by atoms with E-state index in [1.165, 1.54) is 76.5 Å². The van der Waals surface area contributed by atoms with Crippen molar-refractivity contribution in [2.24, 2.45) is 11.8 Å². The molecule has 0 fully saturated rings. The first-order valence-corrected chi connectivity index (χ1v) is 17.8. The average molecular weight is 888 g/mol. The van der Waals surface area contributed by atoms with Crippen LogP contribution in [0.5, 0.6) is 0 Å². The van der Waals surface area contributed by atoms with Crippen LogP contribution in [0.4, 0.5) is 0 Å². The van der Waals surface area contributed by atoms with Gasteiger partial charge >= 0.3 is 25.8 Å². The first kappa shape index (κ1) is 42.9. The van der Waals surface area contributed by atoms with Crippen molar-refractivity contribution in [3.8, 4) is 22.3 Å². The van der Waals surface area contributed by atoms with Crippen molar-refractivity contribution in [3.05, 3.63) is 171 Å². The fourth-order valence-electron chi connectivity index (χ4n) is 7.16. The van der Waals surface area contributed by atoms with Gasteiger partial charge in [-0.2, -0.15) is 12.1 Å². The van der Waals surface area contributed by atoms with E-state index in [0.717, 1.165) is 19.3 Å². The van der Waals surface area contributed by atoms with E-state index in [0.29, 0.717) is 11.8 Å². The molecule has 0 spiro atoms. The van der Waals surface area contributed by atoms with Crippen LogP contribution >= 0.6 is 24.8 Å². The van der Waals surface area contributed by atoms with Gasteiger partial charge in [-0.15, -0.1) is 93.9 Å². The molecule has 0 radical (unpaired) electrons. The Labute approximate surface area is 343 Å². The summed E-state index contributed by atoms with van der Waals surface area (Å²) in [4.78, 5) is 0. The Hall–Kier alpha value is -3.49. The van der Waals surface area contributed by atoms with Crippen molar-refractivity contribution < 1.29 is 25.8 Å². The number of halogens is 2. The number of hydrogen-bond acceptors (Lipinski definition) is 0. The van der Waals surface area contributed by atoms with Crippen molar-refractivity contribution in [1.82, 2.24) is 0 Å². The van der Waals surface area contributed by atoms with Gasteiger partial charge in [-0.25, -0.2) is 0 Å². The fourth-order valence-corrected chi connectivity index (χ4v) is 7.16. The summed E-state index contributed by atoms with van der Waals surface area (Å²) in [6.07, 6.45) is 3.04. The summed E-state index contributed by atoms with van der Waals surface area (Å²) in [5, 5.41) is 10.7. The van der Waals surface area contributed by atoms with Gasteiger partial charge in [-0.05, 0) is 57.3 Å². The second kappa shape index (κ2) is 20.1. The third kappa shape index (κ3) is 9.93. The molecule has 3 heteroatoms. The molecule has 0 saturated carbocycles. The Balaban J connectivity index is 0.000000248. The molecule has 0 N–H and O–H groups in total. The topological polar surface area (TPSA) is 0 Å². The second-order valence-corrected chi connectivity index (χ2v) is 13.9. The van der Waals surface area contributed by atoms with Crippen LogP contribution in [0.2, 0.25) is 0 Å². The second-order valence-electron chi connectivity index (χ2n) is 13.9. The Morgan fingerprint density at radius 1 is 0.442 bits per heavy atom. The van der Waals surface area contributed by atoms with Crippen LogP contribution in [0, 0.1) is 25.7 Å². The van der Waals surface area contributed by atoms with Gasteiger partial charge in [-0.3, -0.25) is 0 Å². The molecule has 0 heterocycles. The van der Waals surface area contributed by atoms with Gasteiger partial charge in [0.05, 0.1) is 0 Å². The normalized spacial score (nSPS) is 10.6. The minimum absolute atomic E-state index is 0. The first-order chi connectivity index (χ1) is 23.9. The van der Waals surface area contributed by atoms with E-state index in [1.807, 2.05) is 0 Å². The van der Waals surface area contributed by atoms with Gasteiger partial charge in [0.2, 0.25) is 0 Å². The molecule has 0 atom stereocenters. The van der Waals surface area contributed by atoms with Crippen LogP contribution in [-0.4, -0.2) is 0 Å². The predicted molar refractivity (Wildman–Crippen MR) is 232 cm³/mol. The molecule has 0 amide bonds. The van der Waals surface area contributed by atoms with Crippen LogP contribution in [0.1, 0.15) is 45.2 Å². The van der Waals surface area contributed by atoms with Crippen LogP contribution < -0.4 is 0 Å². The van der Waals surface area contributed by atoms with Crippen LogP contribution in [0.3, 0.4) is 0 Å². The SMILES string of the molecule is CC(C)Cc1cc2c(-c3cccc4ccccc34)cccc2[cH-]1.CC(C)Cc1cc2c(-c3cccc4ccccc34)cccc2[cH-]1.Cl.Cl.[CH2-]C[CH2-].[Hf+4]. The van der Waals surface area contributed by atoms with Gasteiger partial charge < -0.3 is 20.3 Å². The summed E-state index contributed by atoms with van der Waals surface area (Å²) in [6.45, 7) is 15.9. The first-order valence-electron chi connectivity index (χ1n) is 17.8. The summed E-state index contributed by atoms with van der Waals surface area (Å²) in [7, 11) is 0. The van der Waals surface area contributed by atoms with Crippen molar-refractivity contribution >= 4 is 67.9 Å². The minimum Gasteiger partial charge on any atom is -0.372 e. The zero-order chi connectivity index (χ0) is 34.3. The largest absolute Gasteiger partial charge is 4.00 e. The molecule has 8 rings (SSSR count). The molecule has 0 aliphatic rings. The molecular weight excluding hydrogens is 838 g/mol. The minimum atomic E-state index is 0. The molecule has 8 aromatic carbocycles. The standard InChI is InChI=1S/2C23H21.C3H6.2ClH.Hf/c2*1-16(2)13-17-14-19-9-6-12-22(23(19)15-17)21-11-5-8-18-7-3-4-10-20(18)21;1-3-2;;;/h2*3-12,14-16H,13H2,1-2H3;1-3H2;2*1H;/q2*-1;-2;;;+4. The van der Waals surface area contributed by atoms with E-state index in [4.69, 9.17) is 0 Å². The molecule has 0 unspecified atom stereocenters. The van der Waals surface area contributed by atoms with Gasteiger partial charge in [0.15, 0.2) is 0 Å². The summed E-state index contributed by atoms with van der Waals surface area (Å²) in [6, 6.07) is 53.3. The molecule has 0 saturated heterocycles. The van der Waals surface area contributed by atoms with E-state index < -0.39 is 0 Å². The summed E-state index contributed by atoms with van der Waals surface area (Å²) in [5.74, 6) is 1.38. The van der Waals surface area contributed by atoms with Gasteiger partial charge in [-0.1, -0.05) is 136 Å². The molecule has 0 aliphatic heterocycles. The summed E-state index contributed by atoms with van der Waals surface area (Å²) >= 11 is 0. The Kier molecular flexibility index (Phi) is 16.6. The zero-order valence-corrected chi connectivity index (χ0v) is 36.1. The van der Waals surface area contributed by atoms with E-state index in [9.17, 15) is 0 Å². The molecule has 0 nitrogen and oxygen atoms in total. The van der Waals surface area contributed by atoms with Crippen molar-refractivity contribution in [1.29, 1.82) is 0 Å². The van der Waals surface area contributed by atoms with Gasteiger partial charge in [0.1, 0.15) is 0 Å². The summed E-state index contributed by atoms with van der Waals surface area (Å²) < 4.78 is 0. The van der Waals surface area contributed by atoms with Gasteiger partial charge in [0.25, 0.3) is 0 Å². The zero-order valence-electron chi connectivity index (χ0n) is 30.9. The number of rotatable bonds is 6. The van der Waals surface area contributed by atoms with Crippen LogP contribution in [0.25, 0.3) is 65.3 Å². The maximum Gasteiger partial charge on any atom is 4.00 e. The molecule has 0 aromatic heterocycles. The predicted octanol–water partition coefficient (Wildman–Crippen LogP) is 15.0. The smallest absolute Gasteiger partial charge is 0.372 e. The third-order valence-electron chi connectivity index (χ3n) is 9.07. The Bertz CT molecular complexity index is 2130. The fraction of sp³-hybridized carbons (Fsp3) is 0.184. The Morgan fingerprint density at radius 3 is 1.12 bits per heavy atom. The van der Waals surface area contributed by atoms with E-state index in [1.54, 1.807) is 0 Å². The summed E-state index contributed by atoms with van der Waals surface area (Å²) in [5.41, 5.74) is 8.24. The third-order valence-corrected chi connectivity index (χ3v) is 9.07. The van der Waals surface area contributed by atoms with E-state index >= 15 is 0 Å². The monoisotopic (exact) mass is 888 g/mol. The van der Waals surface area contributed by atoms with Crippen LogP contribution in [-0.2, 0) is 38.7 Å². The van der Waals surface area contributed by atoms with Crippen molar-refractivity contribution in [2.45, 2.75) is 47.0 Å². The van der Waals surface area contributed by atoms with Crippen LogP contribution in [0.15, 0.2) is 146 Å². The van der Waals surface area contributed by atoms with E-state index in [2.05, 4.69) is 187 Å².